The zero-order chi connectivity index (χ0) is 23.4. The van der Waals surface area contributed by atoms with Gasteiger partial charge in [0.05, 0.1) is 22.1 Å². The molecule has 0 aliphatic carbocycles. The Hall–Kier alpha value is -3.01. The number of hydrogen-bond donors (Lipinski definition) is 3. The highest BCUT2D eigenvalue weighted by atomic mass is 32.2. The van der Waals surface area contributed by atoms with Gasteiger partial charge in [-0.1, -0.05) is 18.2 Å². The Morgan fingerprint density at radius 3 is 2.73 bits per heavy atom. The monoisotopic (exact) mass is 469 g/mol. The van der Waals surface area contributed by atoms with E-state index in [0.29, 0.717) is 25.3 Å². The average molecular weight is 470 g/mol. The molecule has 2 atom stereocenters. The largest absolute Gasteiger partial charge is 0.489 e. The van der Waals surface area contributed by atoms with Crippen molar-refractivity contribution in [2.45, 2.75) is 37.3 Å². The molecule has 1 saturated heterocycles. The van der Waals surface area contributed by atoms with Crippen molar-refractivity contribution in [3.05, 3.63) is 65.9 Å². The first-order chi connectivity index (χ1) is 15.9. The van der Waals surface area contributed by atoms with Crippen LogP contribution >= 0.6 is 0 Å². The van der Waals surface area contributed by atoms with Crippen LogP contribution in [0.1, 0.15) is 24.1 Å². The molecule has 4 rings (SSSR count). The topological polar surface area (TPSA) is 118 Å². The van der Waals surface area contributed by atoms with Gasteiger partial charge in [-0.05, 0) is 62.7 Å². The fourth-order valence-electron chi connectivity index (χ4n) is 4.28. The summed E-state index contributed by atoms with van der Waals surface area (Å²) >= 11 is 0. The molecule has 0 radical (unpaired) electrons. The number of benzene rings is 2. The summed E-state index contributed by atoms with van der Waals surface area (Å²) in [7, 11) is -3.64. The number of carbonyl (C=O) groups is 1. The van der Waals surface area contributed by atoms with Crippen molar-refractivity contribution >= 4 is 26.6 Å². The third kappa shape index (κ3) is 5.32. The molecule has 3 aromatic rings. The number of hydroxylamine groups is 1. The highest BCUT2D eigenvalue weighted by Gasteiger charge is 2.34. The van der Waals surface area contributed by atoms with Crippen molar-refractivity contribution in [2.75, 3.05) is 12.3 Å². The number of fused-ring (bicyclic) bond motifs is 1. The van der Waals surface area contributed by atoms with Gasteiger partial charge < -0.3 is 10.1 Å². The smallest absolute Gasteiger partial charge is 0.248 e. The van der Waals surface area contributed by atoms with Crippen molar-refractivity contribution in [2.24, 2.45) is 5.92 Å². The lowest BCUT2D eigenvalue weighted by atomic mass is 9.91. The zero-order valence-corrected chi connectivity index (χ0v) is 19.1. The number of amides is 1. The van der Waals surface area contributed by atoms with Gasteiger partial charge in [-0.25, -0.2) is 13.9 Å². The van der Waals surface area contributed by atoms with Crippen LogP contribution < -0.4 is 15.5 Å². The van der Waals surface area contributed by atoms with Crippen LogP contribution in [0.4, 0.5) is 0 Å². The summed E-state index contributed by atoms with van der Waals surface area (Å²) in [5.74, 6) is -0.835. The standard InChI is InChI=1S/C24H27N3O5S/c1-16-13-17(20-5-2-3-7-22(20)26-16)14-32-18-8-10-19(11-9-18)33(30,31)15-23-21(24(28)27-29)6-4-12-25-23/h2-3,5,7-11,13,21,23,25,29H,4,6,12,14-15H2,1H3,(H,27,28)/t21-,23-/m0/s1. The Morgan fingerprint density at radius 1 is 1.21 bits per heavy atom. The Kier molecular flexibility index (Phi) is 6.92. The number of piperidine rings is 1. The summed E-state index contributed by atoms with van der Waals surface area (Å²) in [5, 5.41) is 13.1. The van der Waals surface area contributed by atoms with E-state index in [1.807, 2.05) is 37.3 Å². The highest BCUT2D eigenvalue weighted by molar-refractivity contribution is 7.91. The van der Waals surface area contributed by atoms with Crippen LogP contribution in [0.3, 0.4) is 0 Å². The van der Waals surface area contributed by atoms with E-state index in [4.69, 9.17) is 9.94 Å². The number of sulfone groups is 1. The van der Waals surface area contributed by atoms with Crippen LogP contribution in [0.25, 0.3) is 10.9 Å². The lowest BCUT2D eigenvalue weighted by molar-refractivity contribution is -0.134. The predicted molar refractivity (Wildman–Crippen MR) is 124 cm³/mol. The number of aryl methyl sites for hydroxylation is 1. The van der Waals surface area contributed by atoms with E-state index in [1.165, 1.54) is 12.1 Å². The number of carbonyl (C=O) groups excluding carboxylic acids is 1. The van der Waals surface area contributed by atoms with Crippen LogP contribution in [0.5, 0.6) is 5.75 Å². The first-order valence-corrected chi connectivity index (χ1v) is 12.5. The van der Waals surface area contributed by atoms with E-state index in [9.17, 15) is 13.2 Å². The Labute approximate surface area is 192 Å². The van der Waals surface area contributed by atoms with Crippen LogP contribution in [-0.2, 0) is 21.2 Å². The minimum absolute atomic E-state index is 0.163. The van der Waals surface area contributed by atoms with Gasteiger partial charge in [-0.3, -0.25) is 15.0 Å². The summed E-state index contributed by atoms with van der Waals surface area (Å²) in [6.07, 6.45) is 1.27. The molecular formula is C24H27N3O5S. The summed E-state index contributed by atoms with van der Waals surface area (Å²) in [6.45, 7) is 2.90. The molecule has 2 heterocycles. The van der Waals surface area contributed by atoms with E-state index in [2.05, 4.69) is 10.3 Å². The Morgan fingerprint density at radius 2 is 1.97 bits per heavy atom. The summed E-state index contributed by atoms with van der Waals surface area (Å²) in [4.78, 5) is 16.6. The number of hydrogen-bond acceptors (Lipinski definition) is 7. The predicted octanol–water partition coefficient (Wildman–Crippen LogP) is 2.77. The molecule has 3 N–H and O–H groups in total. The van der Waals surface area contributed by atoms with Crippen LogP contribution in [0, 0.1) is 12.8 Å². The second-order valence-electron chi connectivity index (χ2n) is 8.27. The summed E-state index contributed by atoms with van der Waals surface area (Å²) in [6, 6.07) is 15.6. The number of pyridine rings is 1. The van der Waals surface area contributed by atoms with E-state index < -0.39 is 27.7 Å². The third-order valence-corrected chi connectivity index (χ3v) is 7.73. The molecule has 1 aliphatic rings. The number of ether oxygens (including phenoxy) is 1. The van der Waals surface area contributed by atoms with Crippen LogP contribution in [0.2, 0.25) is 0 Å². The highest BCUT2D eigenvalue weighted by Crippen LogP contribution is 2.24. The molecule has 0 unspecified atom stereocenters. The number of aromatic nitrogens is 1. The lowest BCUT2D eigenvalue weighted by Gasteiger charge is -2.30. The quantitative estimate of drug-likeness (QED) is 0.360. The first kappa shape index (κ1) is 23.2. The van der Waals surface area contributed by atoms with Crippen molar-refractivity contribution in [1.29, 1.82) is 0 Å². The Balaban J connectivity index is 1.45. The van der Waals surface area contributed by atoms with Gasteiger partial charge in [0.25, 0.3) is 0 Å². The minimum atomic E-state index is -3.64. The van der Waals surface area contributed by atoms with E-state index in [0.717, 1.165) is 28.6 Å². The molecule has 1 aromatic heterocycles. The summed E-state index contributed by atoms with van der Waals surface area (Å²) < 4.78 is 31.8. The van der Waals surface area contributed by atoms with Gasteiger partial charge in [0.1, 0.15) is 12.4 Å². The van der Waals surface area contributed by atoms with E-state index in [-0.39, 0.29) is 10.6 Å². The van der Waals surface area contributed by atoms with Gasteiger partial charge in [0.15, 0.2) is 9.84 Å². The van der Waals surface area contributed by atoms with Gasteiger partial charge in [0, 0.05) is 22.7 Å². The molecule has 2 aromatic carbocycles. The van der Waals surface area contributed by atoms with Gasteiger partial charge in [-0.15, -0.1) is 0 Å². The molecule has 9 heteroatoms. The van der Waals surface area contributed by atoms with Crippen molar-refractivity contribution < 1.29 is 23.2 Å². The number of nitrogens with zero attached hydrogens (tertiary/aromatic N) is 1. The van der Waals surface area contributed by atoms with Crippen molar-refractivity contribution in [3.63, 3.8) is 0 Å². The molecule has 1 fully saturated rings. The van der Waals surface area contributed by atoms with Crippen molar-refractivity contribution in [3.8, 4) is 5.75 Å². The molecule has 0 spiro atoms. The number of rotatable bonds is 7. The number of para-hydroxylation sites is 1. The molecule has 1 aliphatic heterocycles. The average Bonchev–Trinajstić information content (AvgIpc) is 2.82. The number of nitrogens with one attached hydrogen (secondary N) is 2. The summed E-state index contributed by atoms with van der Waals surface area (Å²) in [5.41, 5.74) is 4.46. The minimum Gasteiger partial charge on any atom is -0.489 e. The molecule has 33 heavy (non-hydrogen) atoms. The maximum atomic E-state index is 12.9. The maximum Gasteiger partial charge on any atom is 0.248 e. The molecule has 8 nitrogen and oxygen atoms in total. The molecular weight excluding hydrogens is 442 g/mol. The maximum absolute atomic E-state index is 12.9. The normalized spacial score (nSPS) is 18.7. The van der Waals surface area contributed by atoms with Crippen molar-refractivity contribution in [1.82, 2.24) is 15.8 Å². The van der Waals surface area contributed by atoms with Gasteiger partial charge in [-0.2, -0.15) is 0 Å². The first-order valence-electron chi connectivity index (χ1n) is 10.9. The fourth-order valence-corrected chi connectivity index (χ4v) is 5.84. The third-order valence-electron chi connectivity index (χ3n) is 5.94. The van der Waals surface area contributed by atoms with Gasteiger partial charge >= 0.3 is 0 Å². The van der Waals surface area contributed by atoms with Crippen LogP contribution in [-0.4, -0.2) is 42.9 Å². The molecule has 0 saturated carbocycles. The van der Waals surface area contributed by atoms with E-state index >= 15 is 0 Å². The SMILES string of the molecule is Cc1cc(COc2ccc(S(=O)(=O)C[C@@H]3NCCC[C@@H]3C(=O)NO)cc2)c2ccccc2n1. The zero-order valence-electron chi connectivity index (χ0n) is 18.3. The second kappa shape index (κ2) is 9.86. The lowest BCUT2D eigenvalue weighted by Crippen LogP contribution is -2.51. The Bertz CT molecular complexity index is 1240. The van der Waals surface area contributed by atoms with Gasteiger partial charge in [0.2, 0.25) is 5.91 Å². The fraction of sp³-hybridized carbons (Fsp3) is 0.333. The molecule has 174 valence electrons. The van der Waals surface area contributed by atoms with Crippen LogP contribution in [0.15, 0.2) is 59.5 Å². The van der Waals surface area contributed by atoms with E-state index in [1.54, 1.807) is 17.6 Å². The molecule has 0 bridgehead atoms. The second-order valence-corrected chi connectivity index (χ2v) is 10.3. The molecule has 1 amide bonds.